The van der Waals surface area contributed by atoms with Crippen LogP contribution in [0.5, 0.6) is 5.75 Å². The van der Waals surface area contributed by atoms with Crippen molar-refractivity contribution in [1.29, 1.82) is 0 Å². The van der Waals surface area contributed by atoms with Crippen molar-refractivity contribution < 1.29 is 19.4 Å². The van der Waals surface area contributed by atoms with Crippen molar-refractivity contribution in [2.45, 2.75) is 19.3 Å². The van der Waals surface area contributed by atoms with Gasteiger partial charge in [0.15, 0.2) is 0 Å². The fourth-order valence-corrected chi connectivity index (χ4v) is 1.56. The normalized spacial score (nSPS) is 9.80. The second kappa shape index (κ2) is 8.74. The van der Waals surface area contributed by atoms with Crippen LogP contribution in [0.1, 0.15) is 29.6 Å². The zero-order valence-electron chi connectivity index (χ0n) is 11.3. The van der Waals surface area contributed by atoms with Gasteiger partial charge in [-0.3, -0.25) is 9.59 Å². The number of rotatable bonds is 9. The first kappa shape index (κ1) is 15.8. The van der Waals surface area contributed by atoms with Gasteiger partial charge >= 0.3 is 5.97 Å². The topological polar surface area (TPSA) is 75.6 Å². The average molecular weight is 277 g/mol. The van der Waals surface area contributed by atoms with Crippen LogP contribution in [0, 0.1) is 0 Å². The third-order valence-corrected chi connectivity index (χ3v) is 2.59. The molecule has 0 saturated heterocycles. The van der Waals surface area contributed by atoms with E-state index in [2.05, 4.69) is 11.9 Å². The van der Waals surface area contributed by atoms with Crippen LogP contribution < -0.4 is 10.1 Å². The first-order valence-electron chi connectivity index (χ1n) is 6.47. The number of carboxylic acids is 1. The Morgan fingerprint density at radius 1 is 1.25 bits per heavy atom. The van der Waals surface area contributed by atoms with Crippen molar-refractivity contribution in [3.8, 4) is 5.75 Å². The molecule has 0 saturated carbocycles. The molecule has 0 bridgehead atoms. The number of carbonyl (C=O) groups excluding carboxylic acids is 1. The van der Waals surface area contributed by atoms with Gasteiger partial charge in [0.25, 0.3) is 5.91 Å². The molecule has 20 heavy (non-hydrogen) atoms. The highest BCUT2D eigenvalue weighted by Gasteiger charge is 2.05. The van der Waals surface area contributed by atoms with Gasteiger partial charge in [0.1, 0.15) is 12.4 Å². The molecule has 1 aromatic rings. The number of carbonyl (C=O) groups is 2. The molecule has 0 radical (unpaired) electrons. The van der Waals surface area contributed by atoms with E-state index in [1.807, 2.05) is 0 Å². The number of benzene rings is 1. The number of hydrogen-bond acceptors (Lipinski definition) is 3. The van der Waals surface area contributed by atoms with Crippen LogP contribution in [0.3, 0.4) is 0 Å². The summed E-state index contributed by atoms with van der Waals surface area (Å²) in [7, 11) is 0. The second-order valence-electron chi connectivity index (χ2n) is 4.23. The minimum atomic E-state index is -0.813. The number of carboxylic acid groups (broad SMARTS) is 1. The maximum atomic E-state index is 11.8. The van der Waals surface area contributed by atoms with Gasteiger partial charge in [-0.2, -0.15) is 0 Å². The first-order chi connectivity index (χ1) is 9.63. The lowest BCUT2D eigenvalue weighted by atomic mass is 10.2. The van der Waals surface area contributed by atoms with E-state index < -0.39 is 5.97 Å². The predicted octanol–water partition coefficient (Wildman–Crippen LogP) is 2.24. The minimum absolute atomic E-state index is 0.130. The quantitative estimate of drug-likeness (QED) is 0.536. The summed E-state index contributed by atoms with van der Waals surface area (Å²) in [5.74, 6) is -0.301. The van der Waals surface area contributed by atoms with E-state index in [4.69, 9.17) is 9.84 Å². The van der Waals surface area contributed by atoms with Gasteiger partial charge in [-0.05, 0) is 37.1 Å². The zero-order valence-corrected chi connectivity index (χ0v) is 11.3. The molecule has 0 atom stereocenters. The molecule has 108 valence electrons. The molecule has 1 aromatic carbocycles. The van der Waals surface area contributed by atoms with Gasteiger partial charge in [-0.1, -0.05) is 12.7 Å². The summed E-state index contributed by atoms with van der Waals surface area (Å²) in [6.07, 6.45) is 2.99. The Labute approximate surface area is 118 Å². The van der Waals surface area contributed by atoms with Gasteiger partial charge in [-0.15, -0.1) is 0 Å². The van der Waals surface area contributed by atoms with Gasteiger partial charge < -0.3 is 15.2 Å². The monoisotopic (exact) mass is 277 g/mol. The Bertz CT molecular complexity index is 453. The van der Waals surface area contributed by atoms with Crippen molar-refractivity contribution in [2.75, 3.05) is 13.2 Å². The van der Waals surface area contributed by atoms with Crippen molar-refractivity contribution in [3.63, 3.8) is 0 Å². The summed E-state index contributed by atoms with van der Waals surface area (Å²) in [6.45, 7) is 4.45. The third kappa shape index (κ3) is 6.04. The van der Waals surface area contributed by atoms with Crippen LogP contribution in [0.4, 0.5) is 0 Å². The lowest BCUT2D eigenvalue weighted by molar-refractivity contribution is -0.137. The first-order valence-corrected chi connectivity index (χ1v) is 6.47. The highest BCUT2D eigenvalue weighted by atomic mass is 16.5. The lowest BCUT2D eigenvalue weighted by Gasteiger charge is -2.06. The molecule has 5 nitrogen and oxygen atoms in total. The van der Waals surface area contributed by atoms with E-state index in [0.717, 1.165) is 0 Å². The fourth-order valence-electron chi connectivity index (χ4n) is 1.56. The Morgan fingerprint density at radius 2 is 1.95 bits per heavy atom. The van der Waals surface area contributed by atoms with Crippen molar-refractivity contribution >= 4 is 11.9 Å². The van der Waals surface area contributed by atoms with Crippen LogP contribution in [0.15, 0.2) is 36.9 Å². The van der Waals surface area contributed by atoms with Crippen molar-refractivity contribution in [1.82, 2.24) is 5.32 Å². The summed E-state index contributed by atoms with van der Waals surface area (Å²) >= 11 is 0. The molecule has 5 heteroatoms. The molecule has 0 aliphatic rings. The molecule has 0 unspecified atom stereocenters. The smallest absolute Gasteiger partial charge is 0.303 e. The van der Waals surface area contributed by atoms with E-state index in [1.54, 1.807) is 30.3 Å². The second-order valence-corrected chi connectivity index (χ2v) is 4.23. The van der Waals surface area contributed by atoms with Crippen LogP contribution in [-0.2, 0) is 4.79 Å². The molecule has 0 fully saturated rings. The highest BCUT2D eigenvalue weighted by Crippen LogP contribution is 2.12. The summed E-state index contributed by atoms with van der Waals surface area (Å²) in [4.78, 5) is 22.1. The number of nitrogens with one attached hydrogen (secondary N) is 1. The molecule has 1 rings (SSSR count). The Kier molecular flexibility index (Phi) is 6.89. The largest absolute Gasteiger partial charge is 0.490 e. The van der Waals surface area contributed by atoms with Gasteiger partial charge in [0.2, 0.25) is 0 Å². The Balaban J connectivity index is 2.32. The van der Waals surface area contributed by atoms with Gasteiger partial charge in [-0.25, -0.2) is 0 Å². The maximum Gasteiger partial charge on any atom is 0.303 e. The predicted molar refractivity (Wildman–Crippen MR) is 76.0 cm³/mol. The molecule has 1 amide bonds. The summed E-state index contributed by atoms with van der Waals surface area (Å²) < 4.78 is 5.32. The molecule has 2 N–H and O–H groups in total. The average Bonchev–Trinajstić information content (AvgIpc) is 2.44. The molecular formula is C15H19NO4. The van der Waals surface area contributed by atoms with Crippen molar-refractivity contribution in [3.05, 3.63) is 42.5 Å². The van der Waals surface area contributed by atoms with E-state index in [0.29, 0.717) is 37.3 Å². The Morgan fingerprint density at radius 3 is 2.55 bits per heavy atom. The molecule has 0 heterocycles. The summed E-state index contributed by atoms with van der Waals surface area (Å²) in [6, 6.07) is 6.82. The highest BCUT2D eigenvalue weighted by molar-refractivity contribution is 5.94. The van der Waals surface area contributed by atoms with E-state index >= 15 is 0 Å². The number of hydrogen-bond donors (Lipinski definition) is 2. The molecular weight excluding hydrogens is 258 g/mol. The maximum absolute atomic E-state index is 11.8. The number of amides is 1. The standard InChI is InChI=1S/C15H19NO4/c1-2-11-20-13-8-6-12(7-9-13)15(19)16-10-4-3-5-14(17)18/h2,6-9H,1,3-5,10-11H2,(H,16,19)(H,17,18). The number of aliphatic carboxylic acids is 1. The Hall–Kier alpha value is -2.30. The lowest BCUT2D eigenvalue weighted by Crippen LogP contribution is -2.24. The van der Waals surface area contributed by atoms with E-state index in [1.165, 1.54) is 0 Å². The van der Waals surface area contributed by atoms with Crippen LogP contribution >= 0.6 is 0 Å². The van der Waals surface area contributed by atoms with Gasteiger partial charge in [0, 0.05) is 18.5 Å². The third-order valence-electron chi connectivity index (χ3n) is 2.59. The number of ether oxygens (including phenoxy) is 1. The number of unbranched alkanes of at least 4 members (excludes halogenated alkanes) is 1. The summed E-state index contributed by atoms with van der Waals surface area (Å²) in [5.41, 5.74) is 0.550. The SMILES string of the molecule is C=CCOc1ccc(C(=O)NCCCCC(=O)O)cc1. The van der Waals surface area contributed by atoms with E-state index in [-0.39, 0.29) is 12.3 Å². The van der Waals surface area contributed by atoms with E-state index in [9.17, 15) is 9.59 Å². The molecule has 0 aromatic heterocycles. The van der Waals surface area contributed by atoms with Crippen molar-refractivity contribution in [2.24, 2.45) is 0 Å². The minimum Gasteiger partial charge on any atom is -0.490 e. The fraction of sp³-hybridized carbons (Fsp3) is 0.333. The van der Waals surface area contributed by atoms with Gasteiger partial charge in [0.05, 0.1) is 0 Å². The summed E-state index contributed by atoms with van der Waals surface area (Å²) in [5, 5.41) is 11.2. The van der Waals surface area contributed by atoms with Crippen LogP contribution in [0.2, 0.25) is 0 Å². The molecule has 0 spiro atoms. The van der Waals surface area contributed by atoms with Crippen LogP contribution in [-0.4, -0.2) is 30.1 Å². The molecule has 0 aliphatic heterocycles. The molecule has 0 aliphatic carbocycles. The zero-order chi connectivity index (χ0) is 14.8. The van der Waals surface area contributed by atoms with Crippen LogP contribution in [0.25, 0.3) is 0 Å².